The molecule has 0 fully saturated rings. The van der Waals surface area contributed by atoms with Crippen molar-refractivity contribution in [3.8, 4) is 12.1 Å². The van der Waals surface area contributed by atoms with E-state index in [1.807, 2.05) is 19.1 Å². The Morgan fingerprint density at radius 1 is 1.17 bits per heavy atom. The van der Waals surface area contributed by atoms with Crippen LogP contribution in [0.15, 0.2) is 48.0 Å². The number of aryl methyl sites for hydroxylation is 1. The molecule has 2 rings (SSSR count). The summed E-state index contributed by atoms with van der Waals surface area (Å²) in [6.07, 6.45) is 1.46. The summed E-state index contributed by atoms with van der Waals surface area (Å²) in [5.74, 6) is -0.517. The van der Waals surface area contributed by atoms with Gasteiger partial charge in [-0.15, -0.1) is 0 Å². The van der Waals surface area contributed by atoms with Crippen LogP contribution in [0.5, 0.6) is 0 Å². The summed E-state index contributed by atoms with van der Waals surface area (Å²) in [6.45, 7) is 1.86. The Morgan fingerprint density at radius 3 is 2.43 bits per heavy atom. The predicted molar refractivity (Wildman–Crippen MR) is 89.6 cm³/mol. The van der Waals surface area contributed by atoms with Gasteiger partial charge in [0.15, 0.2) is 0 Å². The Bertz CT molecular complexity index is 855. The van der Waals surface area contributed by atoms with Gasteiger partial charge in [0.05, 0.1) is 11.6 Å². The molecule has 0 unspecified atom stereocenters. The average molecular weight is 322 g/mol. The summed E-state index contributed by atoms with van der Waals surface area (Å²) >= 11 is 6.01. The molecule has 0 saturated heterocycles. The van der Waals surface area contributed by atoms with E-state index in [9.17, 15) is 10.1 Å². The molecule has 0 bridgehead atoms. The third kappa shape index (κ3) is 4.20. The van der Waals surface area contributed by atoms with Crippen LogP contribution in [0.25, 0.3) is 6.08 Å². The van der Waals surface area contributed by atoms with Gasteiger partial charge in [-0.2, -0.15) is 10.5 Å². The van der Waals surface area contributed by atoms with Gasteiger partial charge < -0.3 is 5.32 Å². The van der Waals surface area contributed by atoms with Crippen molar-refractivity contribution in [1.29, 1.82) is 10.5 Å². The van der Waals surface area contributed by atoms with Crippen molar-refractivity contribution in [1.82, 2.24) is 0 Å². The molecule has 2 aromatic carbocycles. The third-order valence-electron chi connectivity index (χ3n) is 3.15. The van der Waals surface area contributed by atoms with Gasteiger partial charge in [0.1, 0.15) is 11.6 Å². The van der Waals surface area contributed by atoms with Crippen molar-refractivity contribution in [2.24, 2.45) is 0 Å². The predicted octanol–water partition coefficient (Wildman–Crippen LogP) is 4.07. The normalized spacial score (nSPS) is 10.5. The van der Waals surface area contributed by atoms with Crippen LogP contribution < -0.4 is 5.32 Å². The molecular weight excluding hydrogens is 310 g/mol. The van der Waals surface area contributed by atoms with E-state index < -0.39 is 5.91 Å². The molecule has 112 valence electrons. The van der Waals surface area contributed by atoms with E-state index >= 15 is 0 Å². The van der Waals surface area contributed by atoms with E-state index in [-0.39, 0.29) is 5.57 Å². The first kappa shape index (κ1) is 16.3. The zero-order chi connectivity index (χ0) is 16.8. The highest BCUT2D eigenvalue weighted by Gasteiger charge is 2.10. The van der Waals surface area contributed by atoms with Crippen LogP contribution in [-0.4, -0.2) is 5.91 Å². The number of rotatable bonds is 3. The lowest BCUT2D eigenvalue weighted by Crippen LogP contribution is -2.13. The molecule has 23 heavy (non-hydrogen) atoms. The van der Waals surface area contributed by atoms with Crippen LogP contribution >= 0.6 is 11.6 Å². The number of anilines is 1. The molecule has 1 amide bonds. The molecule has 0 aliphatic heterocycles. The molecule has 0 saturated carbocycles. The highest BCUT2D eigenvalue weighted by Crippen LogP contribution is 2.20. The summed E-state index contributed by atoms with van der Waals surface area (Å²) in [5, 5.41) is 21.1. The van der Waals surface area contributed by atoms with Gasteiger partial charge in [0.25, 0.3) is 5.91 Å². The maximum Gasteiger partial charge on any atom is 0.266 e. The summed E-state index contributed by atoms with van der Waals surface area (Å²) < 4.78 is 0. The number of nitriles is 2. The van der Waals surface area contributed by atoms with E-state index in [1.54, 1.807) is 42.5 Å². The molecule has 2 aromatic rings. The molecule has 4 nitrogen and oxygen atoms in total. The molecule has 0 atom stereocenters. The Balaban J connectivity index is 2.20. The van der Waals surface area contributed by atoms with Gasteiger partial charge in [0, 0.05) is 10.7 Å². The van der Waals surface area contributed by atoms with E-state index in [2.05, 4.69) is 5.32 Å². The fourth-order valence-corrected chi connectivity index (χ4v) is 2.02. The van der Waals surface area contributed by atoms with Crippen molar-refractivity contribution < 1.29 is 4.79 Å². The Labute approximate surface area is 139 Å². The largest absolute Gasteiger partial charge is 0.321 e. The lowest BCUT2D eigenvalue weighted by atomic mass is 10.1. The molecule has 0 spiro atoms. The maximum absolute atomic E-state index is 12.2. The smallest absolute Gasteiger partial charge is 0.266 e. The van der Waals surface area contributed by atoms with E-state index in [4.69, 9.17) is 16.9 Å². The SMILES string of the molecule is Cc1ccc(NC(=O)/C(C#N)=C/c2ccc(C#N)cc2)cc1Cl. The average Bonchev–Trinajstić information content (AvgIpc) is 2.56. The van der Waals surface area contributed by atoms with Crippen LogP contribution in [0.3, 0.4) is 0 Å². The molecule has 0 aliphatic carbocycles. The molecule has 0 heterocycles. The van der Waals surface area contributed by atoms with Crippen LogP contribution in [0.2, 0.25) is 5.02 Å². The van der Waals surface area contributed by atoms with Crippen molar-refractivity contribution in [3.63, 3.8) is 0 Å². The van der Waals surface area contributed by atoms with Crippen LogP contribution in [0, 0.1) is 29.6 Å². The molecule has 0 aliphatic rings. The first-order valence-electron chi connectivity index (χ1n) is 6.73. The Hall–Kier alpha value is -3.08. The number of hydrogen-bond acceptors (Lipinski definition) is 3. The van der Waals surface area contributed by atoms with Crippen molar-refractivity contribution in [2.45, 2.75) is 6.92 Å². The number of hydrogen-bond donors (Lipinski definition) is 1. The lowest BCUT2D eigenvalue weighted by molar-refractivity contribution is -0.112. The van der Waals surface area contributed by atoms with E-state index in [0.29, 0.717) is 21.8 Å². The van der Waals surface area contributed by atoms with Gasteiger partial charge in [0.2, 0.25) is 0 Å². The second-order valence-electron chi connectivity index (χ2n) is 4.82. The fraction of sp³-hybridized carbons (Fsp3) is 0.0556. The van der Waals surface area contributed by atoms with Crippen LogP contribution in [0.1, 0.15) is 16.7 Å². The molecule has 1 N–H and O–H groups in total. The second-order valence-corrected chi connectivity index (χ2v) is 5.23. The van der Waals surface area contributed by atoms with E-state index in [1.165, 1.54) is 6.08 Å². The van der Waals surface area contributed by atoms with Gasteiger partial charge in [-0.3, -0.25) is 4.79 Å². The standard InChI is InChI=1S/C18H12ClN3O/c1-12-2-7-16(9-17(12)19)22-18(23)15(11-21)8-13-3-5-14(10-20)6-4-13/h2-9H,1H3,(H,22,23)/b15-8+. The lowest BCUT2D eigenvalue weighted by Gasteiger charge is -2.06. The highest BCUT2D eigenvalue weighted by molar-refractivity contribution is 6.31. The van der Waals surface area contributed by atoms with Gasteiger partial charge >= 0.3 is 0 Å². The quantitative estimate of drug-likeness (QED) is 0.684. The number of carbonyl (C=O) groups excluding carboxylic acids is 1. The number of halogens is 1. The highest BCUT2D eigenvalue weighted by atomic mass is 35.5. The first-order chi connectivity index (χ1) is 11.0. The fourth-order valence-electron chi connectivity index (χ4n) is 1.84. The number of amides is 1. The number of nitrogens with zero attached hydrogens (tertiary/aromatic N) is 2. The second kappa shape index (κ2) is 7.26. The van der Waals surface area contributed by atoms with Crippen LogP contribution in [0.4, 0.5) is 5.69 Å². The minimum atomic E-state index is -0.517. The van der Waals surface area contributed by atoms with Gasteiger partial charge in [-0.1, -0.05) is 29.8 Å². The number of carbonyl (C=O) groups is 1. The topological polar surface area (TPSA) is 76.7 Å². The summed E-state index contributed by atoms with van der Waals surface area (Å²) in [5.41, 5.74) is 2.56. The minimum absolute atomic E-state index is 0.0357. The van der Waals surface area contributed by atoms with Gasteiger partial charge in [-0.05, 0) is 48.4 Å². The zero-order valence-corrected chi connectivity index (χ0v) is 13.1. The molecular formula is C18H12ClN3O. The molecule has 0 aromatic heterocycles. The summed E-state index contributed by atoms with van der Waals surface area (Å²) in [6, 6.07) is 15.6. The summed E-state index contributed by atoms with van der Waals surface area (Å²) in [7, 11) is 0. The zero-order valence-electron chi connectivity index (χ0n) is 12.3. The number of benzene rings is 2. The first-order valence-corrected chi connectivity index (χ1v) is 7.11. The van der Waals surface area contributed by atoms with Crippen molar-refractivity contribution in [3.05, 3.63) is 69.8 Å². The Morgan fingerprint density at radius 2 is 1.87 bits per heavy atom. The maximum atomic E-state index is 12.2. The Kier molecular flexibility index (Phi) is 5.15. The van der Waals surface area contributed by atoms with Gasteiger partial charge in [-0.25, -0.2) is 0 Å². The van der Waals surface area contributed by atoms with E-state index in [0.717, 1.165) is 5.56 Å². The monoisotopic (exact) mass is 321 g/mol. The van der Waals surface area contributed by atoms with Crippen LogP contribution in [-0.2, 0) is 4.79 Å². The molecule has 5 heteroatoms. The third-order valence-corrected chi connectivity index (χ3v) is 3.55. The van der Waals surface area contributed by atoms with Crippen molar-refractivity contribution in [2.75, 3.05) is 5.32 Å². The summed E-state index contributed by atoms with van der Waals surface area (Å²) in [4.78, 5) is 12.2. The number of nitrogens with one attached hydrogen (secondary N) is 1. The molecule has 0 radical (unpaired) electrons. The van der Waals surface area contributed by atoms with Crippen molar-refractivity contribution >= 4 is 29.3 Å². The minimum Gasteiger partial charge on any atom is -0.321 e.